The summed E-state index contributed by atoms with van der Waals surface area (Å²) in [6.45, 7) is 1.45. The van der Waals surface area contributed by atoms with Crippen molar-refractivity contribution in [3.63, 3.8) is 0 Å². The van der Waals surface area contributed by atoms with Crippen molar-refractivity contribution in [2.24, 2.45) is 0 Å². The second kappa shape index (κ2) is 5.76. The van der Waals surface area contributed by atoms with Gasteiger partial charge in [-0.3, -0.25) is 19.7 Å². The number of rotatable bonds is 6. The van der Waals surface area contributed by atoms with Crippen molar-refractivity contribution in [3.05, 3.63) is 33.9 Å². The van der Waals surface area contributed by atoms with Crippen LogP contribution in [0.2, 0.25) is 0 Å². The summed E-state index contributed by atoms with van der Waals surface area (Å²) in [4.78, 5) is 32.8. The molecule has 7 heteroatoms. The maximum Gasteiger partial charge on any atom is 0.305 e. The molecule has 96 valence electrons. The summed E-state index contributed by atoms with van der Waals surface area (Å²) in [6, 6.07) is 4.55. The molecule has 7 nitrogen and oxygen atoms in total. The van der Waals surface area contributed by atoms with E-state index in [4.69, 9.17) is 5.11 Å². The fourth-order valence-electron chi connectivity index (χ4n) is 1.56. The van der Waals surface area contributed by atoms with E-state index >= 15 is 0 Å². The number of nitro benzene ring substituents is 1. The molecular weight excluding hydrogens is 240 g/mol. The van der Waals surface area contributed by atoms with Crippen LogP contribution in [0.1, 0.15) is 12.0 Å². The average molecular weight is 252 g/mol. The molecule has 1 rings (SSSR count). The van der Waals surface area contributed by atoms with Crippen LogP contribution in [0.5, 0.6) is 0 Å². The summed E-state index contributed by atoms with van der Waals surface area (Å²) < 4.78 is 0. The molecule has 0 saturated heterocycles. The number of nitro groups is 1. The van der Waals surface area contributed by atoms with Crippen LogP contribution in [-0.4, -0.2) is 29.0 Å². The maximum atomic E-state index is 10.9. The Labute approximate surface area is 103 Å². The molecule has 18 heavy (non-hydrogen) atoms. The van der Waals surface area contributed by atoms with Gasteiger partial charge in [0, 0.05) is 12.1 Å². The van der Waals surface area contributed by atoms with Crippen LogP contribution in [-0.2, 0) is 9.59 Å². The van der Waals surface area contributed by atoms with Gasteiger partial charge < -0.3 is 10.0 Å². The van der Waals surface area contributed by atoms with Crippen molar-refractivity contribution in [3.8, 4) is 0 Å². The number of aliphatic carboxylic acids is 1. The number of para-hydroxylation sites is 1. The topological polar surface area (TPSA) is 101 Å². The number of amides is 1. The van der Waals surface area contributed by atoms with Gasteiger partial charge in [0.25, 0.3) is 5.69 Å². The van der Waals surface area contributed by atoms with Crippen LogP contribution in [0.4, 0.5) is 11.4 Å². The molecule has 0 heterocycles. The Bertz CT molecular complexity index is 486. The fraction of sp³-hybridized carbons (Fsp3) is 0.273. The lowest BCUT2D eigenvalue weighted by molar-refractivity contribution is -0.384. The molecule has 0 unspecified atom stereocenters. The number of carbonyl (C=O) groups is 2. The zero-order valence-corrected chi connectivity index (χ0v) is 9.70. The number of anilines is 1. The number of carbonyl (C=O) groups excluding carboxylic acids is 1. The molecule has 0 bridgehead atoms. The van der Waals surface area contributed by atoms with Crippen molar-refractivity contribution >= 4 is 23.8 Å². The molecule has 0 aromatic heterocycles. The predicted molar refractivity (Wildman–Crippen MR) is 63.5 cm³/mol. The Morgan fingerprint density at radius 3 is 2.72 bits per heavy atom. The quantitative estimate of drug-likeness (QED) is 0.467. The van der Waals surface area contributed by atoms with Gasteiger partial charge in [-0.2, -0.15) is 0 Å². The predicted octanol–water partition coefficient (Wildman–Crippen LogP) is 1.34. The first-order valence-electron chi connectivity index (χ1n) is 5.15. The molecule has 0 aliphatic heterocycles. The Kier molecular flexibility index (Phi) is 4.36. The molecule has 0 fully saturated rings. The van der Waals surface area contributed by atoms with E-state index in [9.17, 15) is 19.7 Å². The third-order valence-corrected chi connectivity index (χ3v) is 2.40. The maximum absolute atomic E-state index is 10.9. The van der Waals surface area contributed by atoms with Gasteiger partial charge in [0.15, 0.2) is 0 Å². The first-order chi connectivity index (χ1) is 8.47. The van der Waals surface area contributed by atoms with E-state index in [0.29, 0.717) is 12.0 Å². The van der Waals surface area contributed by atoms with E-state index in [0.717, 1.165) is 4.90 Å². The van der Waals surface area contributed by atoms with Gasteiger partial charge in [-0.05, 0) is 13.0 Å². The van der Waals surface area contributed by atoms with Crippen LogP contribution in [0, 0.1) is 17.0 Å². The number of carboxylic acid groups (broad SMARTS) is 1. The Morgan fingerprint density at radius 1 is 1.56 bits per heavy atom. The van der Waals surface area contributed by atoms with Crippen LogP contribution in [0.25, 0.3) is 0 Å². The van der Waals surface area contributed by atoms with Gasteiger partial charge in [0.1, 0.15) is 5.69 Å². The first-order valence-corrected chi connectivity index (χ1v) is 5.15. The van der Waals surface area contributed by atoms with Crippen LogP contribution < -0.4 is 4.90 Å². The Balaban J connectivity index is 3.12. The summed E-state index contributed by atoms with van der Waals surface area (Å²) in [6.07, 6.45) is 0.120. The SMILES string of the molecule is Cc1cccc(N(C=O)CCC(=O)O)c1[N+](=O)[O-]. The monoisotopic (exact) mass is 252 g/mol. The van der Waals surface area contributed by atoms with E-state index in [-0.39, 0.29) is 24.3 Å². The Morgan fingerprint density at radius 2 is 2.22 bits per heavy atom. The van der Waals surface area contributed by atoms with Crippen molar-refractivity contribution in [1.29, 1.82) is 0 Å². The van der Waals surface area contributed by atoms with Crippen LogP contribution in [0.15, 0.2) is 18.2 Å². The smallest absolute Gasteiger partial charge is 0.305 e. The number of hydrogen-bond acceptors (Lipinski definition) is 4. The number of aryl methyl sites for hydroxylation is 1. The van der Waals surface area contributed by atoms with Gasteiger partial charge in [-0.1, -0.05) is 12.1 Å². The van der Waals surface area contributed by atoms with Crippen molar-refractivity contribution < 1.29 is 19.6 Å². The molecular formula is C11H12N2O5. The summed E-state index contributed by atoms with van der Waals surface area (Å²) in [5.74, 6) is -1.07. The summed E-state index contributed by atoms with van der Waals surface area (Å²) in [7, 11) is 0. The van der Waals surface area contributed by atoms with Crippen LogP contribution >= 0.6 is 0 Å². The highest BCUT2D eigenvalue weighted by Gasteiger charge is 2.21. The fourth-order valence-corrected chi connectivity index (χ4v) is 1.56. The first kappa shape index (κ1) is 13.6. The van der Waals surface area contributed by atoms with Crippen molar-refractivity contribution in [2.75, 3.05) is 11.4 Å². The molecule has 1 amide bonds. The van der Waals surface area contributed by atoms with E-state index in [1.54, 1.807) is 19.1 Å². The second-order valence-electron chi connectivity index (χ2n) is 3.64. The van der Waals surface area contributed by atoms with Gasteiger partial charge in [0.2, 0.25) is 6.41 Å². The number of hydrogen-bond donors (Lipinski definition) is 1. The second-order valence-corrected chi connectivity index (χ2v) is 3.64. The molecule has 0 aliphatic rings. The minimum absolute atomic E-state index is 0.108. The van der Waals surface area contributed by atoms with Crippen molar-refractivity contribution in [1.82, 2.24) is 0 Å². The molecule has 0 radical (unpaired) electrons. The molecule has 1 aromatic rings. The normalized spacial score (nSPS) is 9.83. The third-order valence-electron chi connectivity index (χ3n) is 2.40. The molecule has 0 spiro atoms. The summed E-state index contributed by atoms with van der Waals surface area (Å²) in [5.41, 5.74) is 0.339. The average Bonchev–Trinajstić information content (AvgIpc) is 2.29. The zero-order valence-electron chi connectivity index (χ0n) is 9.70. The zero-order chi connectivity index (χ0) is 13.7. The van der Waals surface area contributed by atoms with Gasteiger partial charge in [0.05, 0.1) is 11.3 Å². The molecule has 1 aromatic carbocycles. The largest absolute Gasteiger partial charge is 0.481 e. The molecule has 0 atom stereocenters. The van der Waals surface area contributed by atoms with E-state index in [2.05, 4.69) is 0 Å². The van der Waals surface area contributed by atoms with Gasteiger partial charge >= 0.3 is 5.97 Å². The lowest BCUT2D eigenvalue weighted by Crippen LogP contribution is -2.25. The highest BCUT2D eigenvalue weighted by atomic mass is 16.6. The van der Waals surface area contributed by atoms with Gasteiger partial charge in [-0.25, -0.2) is 0 Å². The number of nitrogens with zero attached hydrogens (tertiary/aromatic N) is 2. The number of benzene rings is 1. The summed E-state index contributed by atoms with van der Waals surface area (Å²) in [5, 5.41) is 19.5. The van der Waals surface area contributed by atoms with E-state index in [1.807, 2.05) is 0 Å². The minimum atomic E-state index is -1.07. The summed E-state index contributed by atoms with van der Waals surface area (Å²) >= 11 is 0. The van der Waals surface area contributed by atoms with Crippen LogP contribution in [0.3, 0.4) is 0 Å². The molecule has 0 aliphatic carbocycles. The minimum Gasteiger partial charge on any atom is -0.481 e. The molecule has 0 saturated carbocycles. The van der Waals surface area contributed by atoms with E-state index in [1.165, 1.54) is 6.07 Å². The van der Waals surface area contributed by atoms with Crippen molar-refractivity contribution in [2.45, 2.75) is 13.3 Å². The standard InChI is InChI=1S/C11H12N2O5/c1-8-3-2-4-9(11(8)13(17)18)12(7-14)6-5-10(15)16/h2-4,7H,5-6H2,1H3,(H,15,16). The van der Waals surface area contributed by atoms with Gasteiger partial charge in [-0.15, -0.1) is 0 Å². The third kappa shape index (κ3) is 3.03. The Hall–Kier alpha value is -2.44. The molecule has 1 N–H and O–H groups in total. The number of carboxylic acids is 1. The highest BCUT2D eigenvalue weighted by molar-refractivity contribution is 5.82. The lowest BCUT2D eigenvalue weighted by atomic mass is 10.1. The highest BCUT2D eigenvalue weighted by Crippen LogP contribution is 2.30. The lowest BCUT2D eigenvalue weighted by Gasteiger charge is -2.16. The van der Waals surface area contributed by atoms with E-state index < -0.39 is 10.9 Å².